The van der Waals surface area contributed by atoms with Crippen LogP contribution in [0.25, 0.3) is 0 Å². The number of aliphatic carboxylic acids is 2. The van der Waals surface area contributed by atoms with Gasteiger partial charge in [-0.05, 0) is 6.42 Å². The van der Waals surface area contributed by atoms with Crippen molar-refractivity contribution in [2.45, 2.75) is 12.5 Å². The van der Waals surface area contributed by atoms with Crippen molar-refractivity contribution in [1.82, 2.24) is 6.15 Å². The molecular formula is C7H20N3O6P. The average molecular weight is 273 g/mol. The molecule has 0 aromatic rings. The maximum Gasteiger partial charge on any atom is 0.320 e. The third kappa shape index (κ3) is 21.0. The molecule has 0 heterocycles. The van der Waals surface area contributed by atoms with Crippen LogP contribution in [0.2, 0.25) is 0 Å². The first kappa shape index (κ1) is 21.3. The number of hydrogen-bond acceptors (Lipinski definition) is 6. The second kappa shape index (κ2) is 10.2. The van der Waals surface area contributed by atoms with Crippen molar-refractivity contribution in [2.75, 3.05) is 19.4 Å². The molecule has 0 radical (unpaired) electrons. The summed E-state index contributed by atoms with van der Waals surface area (Å²) in [5, 5.41) is 15.9. The van der Waals surface area contributed by atoms with Gasteiger partial charge >= 0.3 is 11.9 Å². The summed E-state index contributed by atoms with van der Waals surface area (Å²) >= 11 is 0. The van der Waals surface area contributed by atoms with Gasteiger partial charge in [0, 0.05) is 12.8 Å². The van der Waals surface area contributed by atoms with Crippen LogP contribution in [0.5, 0.6) is 0 Å². The molecule has 0 aliphatic carbocycles. The largest absolute Gasteiger partial charge is 0.480 e. The van der Waals surface area contributed by atoms with Gasteiger partial charge in [0.1, 0.15) is 6.04 Å². The van der Waals surface area contributed by atoms with E-state index in [0.717, 1.165) is 0 Å². The molecule has 0 amide bonds. The Morgan fingerprint density at radius 3 is 1.88 bits per heavy atom. The van der Waals surface area contributed by atoms with Gasteiger partial charge in [0.05, 0.1) is 6.54 Å². The molecule has 0 aromatic heterocycles. The minimum atomic E-state index is -3.10. The Morgan fingerprint density at radius 2 is 1.71 bits per heavy atom. The molecule has 0 spiro atoms. The lowest BCUT2D eigenvalue weighted by Gasteiger charge is -2.07. The van der Waals surface area contributed by atoms with E-state index in [-0.39, 0.29) is 25.3 Å². The number of rotatable bonds is 5. The summed E-state index contributed by atoms with van der Waals surface area (Å²) in [6.45, 7) is 0.904. The van der Waals surface area contributed by atoms with Gasteiger partial charge in [0.15, 0.2) is 7.37 Å². The van der Waals surface area contributed by atoms with Crippen molar-refractivity contribution in [1.29, 1.82) is 0 Å². The van der Waals surface area contributed by atoms with Gasteiger partial charge in [-0.15, -0.1) is 0 Å². The highest BCUT2D eigenvalue weighted by Crippen LogP contribution is 2.35. The predicted octanol–water partition coefficient (Wildman–Crippen LogP) is -1.12. The number of hydrogen-bond donors (Lipinski definition) is 6. The summed E-state index contributed by atoms with van der Waals surface area (Å²) in [5.74, 6) is -2.11. The highest BCUT2D eigenvalue weighted by atomic mass is 31.2. The van der Waals surface area contributed by atoms with Gasteiger partial charge in [0.2, 0.25) is 0 Å². The summed E-state index contributed by atoms with van der Waals surface area (Å²) < 4.78 is 10.6. The number of carboxylic acid groups (broad SMARTS) is 2. The Bertz CT molecular complexity index is 279. The first-order valence-corrected chi connectivity index (χ1v) is 6.59. The van der Waals surface area contributed by atoms with Crippen LogP contribution >= 0.6 is 7.37 Å². The standard InChI is InChI=1S/C5H12NO4P.C2H5NO2.H3N/c1-11(9,10)3-2-4(6)5(7)8;3-1-2(4)5;/h4H,2-3,6H2,1H3,(H,7,8)(H,9,10);1,3H2,(H,4,5);1H3. The average Bonchev–Trinajstić information content (AvgIpc) is 2.13. The SMILES string of the molecule is CP(=O)(O)CCC(N)C(=O)O.N.NCC(=O)O. The van der Waals surface area contributed by atoms with E-state index in [1.807, 2.05) is 0 Å². The summed E-state index contributed by atoms with van der Waals surface area (Å²) in [5.41, 5.74) is 9.66. The molecule has 17 heavy (non-hydrogen) atoms. The van der Waals surface area contributed by atoms with Gasteiger partial charge in [-0.3, -0.25) is 14.2 Å². The fourth-order valence-corrected chi connectivity index (χ4v) is 1.26. The zero-order valence-corrected chi connectivity index (χ0v) is 10.5. The summed E-state index contributed by atoms with van der Waals surface area (Å²) in [7, 11) is -3.10. The Balaban J connectivity index is -0.000000280. The molecule has 0 saturated carbocycles. The highest BCUT2D eigenvalue weighted by molar-refractivity contribution is 7.57. The Labute approximate surface area is 98.8 Å². The normalized spacial score (nSPS) is 14.4. The molecule has 2 unspecified atom stereocenters. The van der Waals surface area contributed by atoms with Crippen LogP contribution in [0.4, 0.5) is 0 Å². The van der Waals surface area contributed by atoms with Crippen LogP contribution in [0.15, 0.2) is 0 Å². The van der Waals surface area contributed by atoms with Gasteiger partial charge in [0.25, 0.3) is 0 Å². The highest BCUT2D eigenvalue weighted by Gasteiger charge is 2.16. The van der Waals surface area contributed by atoms with Crippen LogP contribution < -0.4 is 17.6 Å². The molecule has 10 N–H and O–H groups in total. The fraction of sp³-hybridized carbons (Fsp3) is 0.714. The minimum absolute atomic E-state index is 0. The monoisotopic (exact) mass is 273 g/mol. The van der Waals surface area contributed by atoms with Crippen LogP contribution in [0.1, 0.15) is 6.42 Å². The maximum atomic E-state index is 10.6. The van der Waals surface area contributed by atoms with E-state index in [9.17, 15) is 14.2 Å². The molecule has 0 fully saturated rings. The molecule has 104 valence electrons. The predicted molar refractivity (Wildman–Crippen MR) is 62.6 cm³/mol. The lowest BCUT2D eigenvalue weighted by molar-refractivity contribution is -0.138. The fourth-order valence-electron chi connectivity index (χ4n) is 0.502. The van der Waals surface area contributed by atoms with E-state index in [1.54, 1.807) is 0 Å². The topological polar surface area (TPSA) is 199 Å². The van der Waals surface area contributed by atoms with Crippen molar-refractivity contribution in [3.8, 4) is 0 Å². The molecular weight excluding hydrogens is 253 g/mol. The van der Waals surface area contributed by atoms with Crippen molar-refractivity contribution >= 4 is 19.3 Å². The number of carboxylic acids is 2. The van der Waals surface area contributed by atoms with Crippen LogP contribution in [-0.2, 0) is 14.2 Å². The van der Waals surface area contributed by atoms with E-state index < -0.39 is 25.3 Å². The smallest absolute Gasteiger partial charge is 0.320 e. The molecule has 9 nitrogen and oxygen atoms in total. The number of carbonyl (C=O) groups is 2. The van der Waals surface area contributed by atoms with Crippen molar-refractivity contribution in [2.24, 2.45) is 11.5 Å². The number of nitrogens with two attached hydrogens (primary N) is 2. The van der Waals surface area contributed by atoms with Crippen LogP contribution in [0, 0.1) is 0 Å². The molecule has 2 atom stereocenters. The van der Waals surface area contributed by atoms with E-state index in [1.165, 1.54) is 6.66 Å². The molecule has 10 heteroatoms. The van der Waals surface area contributed by atoms with Crippen molar-refractivity contribution < 1.29 is 29.3 Å². The summed E-state index contributed by atoms with van der Waals surface area (Å²) in [6.07, 6.45) is 0.0000772. The Hall–Kier alpha value is -0.990. The Kier molecular flexibility index (Phi) is 12.8. The molecule has 0 aromatic carbocycles. The Morgan fingerprint density at radius 1 is 1.35 bits per heavy atom. The van der Waals surface area contributed by atoms with Crippen LogP contribution in [0.3, 0.4) is 0 Å². The summed E-state index contributed by atoms with van der Waals surface area (Å²) in [6, 6.07) is -1.03. The van der Waals surface area contributed by atoms with E-state index >= 15 is 0 Å². The molecule has 0 aliphatic heterocycles. The van der Waals surface area contributed by atoms with Gasteiger partial charge in [-0.2, -0.15) is 0 Å². The lowest BCUT2D eigenvalue weighted by Crippen LogP contribution is -2.30. The quantitative estimate of drug-likeness (QED) is 0.335. The summed E-state index contributed by atoms with van der Waals surface area (Å²) in [4.78, 5) is 28.1. The molecule has 0 saturated heterocycles. The molecule has 0 bridgehead atoms. The zero-order valence-electron chi connectivity index (χ0n) is 9.57. The lowest BCUT2D eigenvalue weighted by atomic mass is 10.2. The van der Waals surface area contributed by atoms with Crippen molar-refractivity contribution in [3.63, 3.8) is 0 Å². The first-order chi connectivity index (χ1) is 7.10. The second-order valence-electron chi connectivity index (χ2n) is 3.11. The van der Waals surface area contributed by atoms with Crippen molar-refractivity contribution in [3.05, 3.63) is 0 Å². The van der Waals surface area contributed by atoms with Gasteiger partial charge < -0.3 is 32.7 Å². The van der Waals surface area contributed by atoms with E-state index in [2.05, 4.69) is 5.73 Å². The maximum absolute atomic E-state index is 10.6. The third-order valence-corrected chi connectivity index (χ3v) is 2.43. The zero-order chi connectivity index (χ0) is 13.4. The van der Waals surface area contributed by atoms with E-state index in [0.29, 0.717) is 0 Å². The molecule has 0 aliphatic rings. The van der Waals surface area contributed by atoms with Gasteiger partial charge in [-0.25, -0.2) is 0 Å². The molecule has 0 rings (SSSR count). The first-order valence-electron chi connectivity index (χ1n) is 4.29. The van der Waals surface area contributed by atoms with E-state index in [4.69, 9.17) is 20.8 Å². The van der Waals surface area contributed by atoms with Gasteiger partial charge in [-0.1, -0.05) is 0 Å². The van der Waals surface area contributed by atoms with Crippen LogP contribution in [-0.4, -0.2) is 52.5 Å². The third-order valence-electron chi connectivity index (χ3n) is 1.35. The minimum Gasteiger partial charge on any atom is -0.480 e. The second-order valence-corrected chi connectivity index (χ2v) is 5.66.